The summed E-state index contributed by atoms with van der Waals surface area (Å²) in [5, 5.41) is 0. The maximum atomic E-state index is 12.7. The number of hydrogen-bond donors (Lipinski definition) is 1. The molecule has 2 N–H and O–H groups in total. The number of benzene rings is 1. The van der Waals surface area contributed by atoms with Crippen LogP contribution in [0.15, 0.2) is 24.3 Å². The highest BCUT2D eigenvalue weighted by Crippen LogP contribution is 2.37. The van der Waals surface area contributed by atoms with E-state index in [-0.39, 0.29) is 12.1 Å². The third kappa shape index (κ3) is 3.62. The number of para-hydroxylation sites is 1. The van der Waals surface area contributed by atoms with E-state index in [2.05, 4.69) is 0 Å². The fraction of sp³-hybridized carbons (Fsp3) is 0.571. The molecule has 0 aliphatic heterocycles. The summed E-state index contributed by atoms with van der Waals surface area (Å²) in [7, 11) is 0. The lowest BCUT2D eigenvalue weighted by molar-refractivity contribution is -0.120. The molecule has 2 rings (SSSR count). The fourth-order valence-corrected chi connectivity index (χ4v) is 2.27. The minimum atomic E-state index is -4.19. The van der Waals surface area contributed by atoms with Crippen molar-refractivity contribution in [3.8, 4) is 0 Å². The molecule has 0 amide bonds. The zero-order chi connectivity index (χ0) is 14.0. The van der Waals surface area contributed by atoms with Gasteiger partial charge in [0.1, 0.15) is 6.54 Å². The van der Waals surface area contributed by atoms with Crippen LogP contribution in [0, 0.1) is 0 Å². The van der Waals surface area contributed by atoms with E-state index in [0.29, 0.717) is 12.1 Å². The van der Waals surface area contributed by atoms with E-state index in [1.54, 1.807) is 12.1 Å². The van der Waals surface area contributed by atoms with Crippen LogP contribution in [-0.4, -0.2) is 18.8 Å². The highest BCUT2D eigenvalue weighted by Gasteiger charge is 2.39. The molecule has 19 heavy (non-hydrogen) atoms. The Kier molecular flexibility index (Phi) is 4.04. The molecular formula is C14H19F3N2. The first-order valence-corrected chi connectivity index (χ1v) is 6.60. The third-order valence-electron chi connectivity index (χ3n) is 3.42. The Hall–Kier alpha value is -1.23. The second kappa shape index (κ2) is 5.41. The van der Waals surface area contributed by atoms with Crippen molar-refractivity contribution >= 4 is 5.69 Å². The largest absolute Gasteiger partial charge is 0.405 e. The number of halogens is 3. The van der Waals surface area contributed by atoms with Crippen LogP contribution in [0.25, 0.3) is 0 Å². The zero-order valence-electron chi connectivity index (χ0n) is 11.0. The molecule has 1 aromatic carbocycles. The van der Waals surface area contributed by atoms with Crippen molar-refractivity contribution in [2.75, 3.05) is 11.4 Å². The Morgan fingerprint density at radius 1 is 1.32 bits per heavy atom. The van der Waals surface area contributed by atoms with Crippen molar-refractivity contribution < 1.29 is 13.2 Å². The molecule has 1 fully saturated rings. The molecule has 106 valence electrons. The lowest BCUT2D eigenvalue weighted by atomic mass is 10.0. The molecule has 0 saturated heterocycles. The van der Waals surface area contributed by atoms with E-state index < -0.39 is 12.7 Å². The average Bonchev–Trinajstić information content (AvgIpc) is 3.18. The minimum absolute atomic E-state index is 0.00633. The molecule has 0 spiro atoms. The predicted octanol–water partition coefficient (Wildman–Crippen LogP) is 3.63. The van der Waals surface area contributed by atoms with E-state index in [1.165, 1.54) is 4.90 Å². The SMILES string of the molecule is CCC(N)c1ccccc1N(CC(F)(F)F)C1CC1. The Bertz CT molecular complexity index is 427. The summed E-state index contributed by atoms with van der Waals surface area (Å²) in [6.45, 7) is 1.04. The van der Waals surface area contributed by atoms with Crippen LogP contribution in [0.4, 0.5) is 18.9 Å². The highest BCUT2D eigenvalue weighted by atomic mass is 19.4. The van der Waals surface area contributed by atoms with Gasteiger partial charge in [0.15, 0.2) is 0 Å². The lowest BCUT2D eigenvalue weighted by Crippen LogP contribution is -2.37. The van der Waals surface area contributed by atoms with Crippen molar-refractivity contribution in [3.05, 3.63) is 29.8 Å². The summed E-state index contributed by atoms with van der Waals surface area (Å²) < 4.78 is 38.2. The van der Waals surface area contributed by atoms with Crippen molar-refractivity contribution in [1.82, 2.24) is 0 Å². The first-order chi connectivity index (χ1) is 8.92. The summed E-state index contributed by atoms with van der Waals surface area (Å²) in [5.41, 5.74) is 7.45. The van der Waals surface area contributed by atoms with Crippen molar-refractivity contribution in [2.45, 2.75) is 44.4 Å². The van der Waals surface area contributed by atoms with E-state index in [9.17, 15) is 13.2 Å². The maximum Gasteiger partial charge on any atom is 0.405 e. The van der Waals surface area contributed by atoms with Crippen molar-refractivity contribution in [2.24, 2.45) is 5.73 Å². The van der Waals surface area contributed by atoms with Crippen molar-refractivity contribution in [3.63, 3.8) is 0 Å². The molecule has 0 bridgehead atoms. The summed E-state index contributed by atoms with van der Waals surface area (Å²) >= 11 is 0. The van der Waals surface area contributed by atoms with Crippen LogP contribution < -0.4 is 10.6 Å². The van der Waals surface area contributed by atoms with Crippen LogP contribution in [0.5, 0.6) is 0 Å². The predicted molar refractivity (Wildman–Crippen MR) is 70.1 cm³/mol. The molecule has 1 aliphatic rings. The van der Waals surface area contributed by atoms with Crippen LogP contribution in [0.1, 0.15) is 37.8 Å². The van der Waals surface area contributed by atoms with Crippen LogP contribution in [0.3, 0.4) is 0 Å². The molecule has 1 unspecified atom stereocenters. The molecule has 0 radical (unpaired) electrons. The molecular weight excluding hydrogens is 253 g/mol. The first kappa shape index (κ1) is 14.2. The van der Waals surface area contributed by atoms with Gasteiger partial charge in [-0.2, -0.15) is 13.2 Å². The molecule has 1 saturated carbocycles. The van der Waals surface area contributed by atoms with Gasteiger partial charge in [0.05, 0.1) is 0 Å². The standard InChI is InChI=1S/C14H19F3N2/c1-2-12(18)11-5-3-4-6-13(11)19(10-7-8-10)9-14(15,16)17/h3-6,10,12H,2,7-9,18H2,1H3. The molecule has 2 nitrogen and oxygen atoms in total. The number of anilines is 1. The summed E-state index contributed by atoms with van der Waals surface area (Å²) in [6.07, 6.45) is -1.83. The van der Waals surface area contributed by atoms with E-state index in [1.807, 2.05) is 19.1 Å². The Morgan fingerprint density at radius 2 is 1.95 bits per heavy atom. The number of nitrogens with two attached hydrogens (primary N) is 1. The molecule has 0 aromatic heterocycles. The minimum Gasteiger partial charge on any atom is -0.359 e. The third-order valence-corrected chi connectivity index (χ3v) is 3.42. The molecule has 1 aliphatic carbocycles. The summed E-state index contributed by atoms with van der Waals surface area (Å²) in [6, 6.07) is 6.96. The first-order valence-electron chi connectivity index (χ1n) is 6.60. The molecule has 1 aromatic rings. The van der Waals surface area contributed by atoms with Gasteiger partial charge in [-0.1, -0.05) is 25.1 Å². The Morgan fingerprint density at radius 3 is 2.47 bits per heavy atom. The van der Waals surface area contributed by atoms with Crippen LogP contribution in [-0.2, 0) is 0 Å². The van der Waals surface area contributed by atoms with E-state index >= 15 is 0 Å². The average molecular weight is 272 g/mol. The van der Waals surface area contributed by atoms with Crippen LogP contribution >= 0.6 is 0 Å². The van der Waals surface area contributed by atoms with Gasteiger partial charge in [-0.15, -0.1) is 0 Å². The van der Waals surface area contributed by atoms with Gasteiger partial charge >= 0.3 is 6.18 Å². The maximum absolute atomic E-state index is 12.7. The molecule has 1 atom stereocenters. The second-order valence-corrected chi connectivity index (χ2v) is 5.05. The van der Waals surface area contributed by atoms with Gasteiger partial charge in [-0.05, 0) is 30.9 Å². The monoisotopic (exact) mass is 272 g/mol. The number of hydrogen-bond acceptors (Lipinski definition) is 2. The van der Waals surface area contributed by atoms with Gasteiger partial charge in [0.25, 0.3) is 0 Å². The van der Waals surface area contributed by atoms with E-state index in [0.717, 1.165) is 18.4 Å². The van der Waals surface area contributed by atoms with Gasteiger partial charge in [0, 0.05) is 17.8 Å². The normalized spacial score (nSPS) is 17.3. The lowest BCUT2D eigenvalue weighted by Gasteiger charge is -2.29. The highest BCUT2D eigenvalue weighted by molar-refractivity contribution is 5.56. The van der Waals surface area contributed by atoms with Gasteiger partial charge in [-0.25, -0.2) is 0 Å². The Balaban J connectivity index is 2.31. The summed E-state index contributed by atoms with van der Waals surface area (Å²) in [5.74, 6) is 0. The topological polar surface area (TPSA) is 29.3 Å². The second-order valence-electron chi connectivity index (χ2n) is 5.05. The van der Waals surface area contributed by atoms with E-state index in [4.69, 9.17) is 5.73 Å². The molecule has 0 heterocycles. The smallest absolute Gasteiger partial charge is 0.359 e. The van der Waals surface area contributed by atoms with Gasteiger partial charge < -0.3 is 10.6 Å². The Labute approximate surface area is 111 Å². The number of nitrogens with zero attached hydrogens (tertiary/aromatic N) is 1. The summed E-state index contributed by atoms with van der Waals surface area (Å²) in [4.78, 5) is 1.46. The van der Waals surface area contributed by atoms with Gasteiger partial charge in [0.2, 0.25) is 0 Å². The van der Waals surface area contributed by atoms with Crippen molar-refractivity contribution in [1.29, 1.82) is 0 Å². The fourth-order valence-electron chi connectivity index (χ4n) is 2.27. The number of alkyl halides is 3. The van der Waals surface area contributed by atoms with Crippen LogP contribution in [0.2, 0.25) is 0 Å². The zero-order valence-corrected chi connectivity index (χ0v) is 11.0. The van der Waals surface area contributed by atoms with Gasteiger partial charge in [-0.3, -0.25) is 0 Å². The quantitative estimate of drug-likeness (QED) is 0.887. The molecule has 5 heteroatoms. The number of rotatable bonds is 5.